The zero-order valence-electron chi connectivity index (χ0n) is 10.0. The molecule has 3 nitrogen and oxygen atoms in total. The van der Waals surface area contributed by atoms with Gasteiger partial charge in [0.1, 0.15) is 0 Å². The Hall–Kier alpha value is -1.03. The molecular formula is C11H21NO2Si. The number of allylic oxidation sites excluding steroid dienone is 3. The summed E-state index contributed by atoms with van der Waals surface area (Å²) >= 11 is 0. The van der Waals surface area contributed by atoms with Crippen molar-refractivity contribution in [1.82, 2.24) is 5.32 Å². The zero-order valence-corrected chi connectivity index (χ0v) is 11.0. The molecule has 0 aromatic heterocycles. The molecule has 86 valence electrons. The molecule has 0 aliphatic heterocycles. The number of alkyl carbamates (subject to hydrolysis) is 1. The summed E-state index contributed by atoms with van der Waals surface area (Å²) in [6.07, 6.45) is 6.65. The molecule has 0 saturated carbocycles. The maximum Gasteiger partial charge on any atom is 0.411 e. The Bertz CT molecular complexity index is 241. The van der Waals surface area contributed by atoms with Gasteiger partial charge in [-0.25, -0.2) is 4.79 Å². The van der Waals surface area contributed by atoms with Gasteiger partial charge < -0.3 is 4.74 Å². The number of amides is 1. The van der Waals surface area contributed by atoms with Crippen molar-refractivity contribution in [3.05, 3.63) is 24.4 Å². The number of hydrogen-bond donors (Lipinski definition) is 1. The topological polar surface area (TPSA) is 38.3 Å². The Morgan fingerprint density at radius 1 is 1.33 bits per heavy atom. The largest absolute Gasteiger partial charge is 0.450 e. The van der Waals surface area contributed by atoms with Gasteiger partial charge >= 0.3 is 6.09 Å². The summed E-state index contributed by atoms with van der Waals surface area (Å²) in [6.45, 7) is 9.18. The lowest BCUT2D eigenvalue weighted by Crippen LogP contribution is -2.25. The minimum absolute atomic E-state index is 0.381. The number of nitrogens with one attached hydrogen (secondary N) is 1. The molecule has 0 radical (unpaired) electrons. The van der Waals surface area contributed by atoms with Gasteiger partial charge in [0.05, 0.1) is 6.61 Å². The van der Waals surface area contributed by atoms with E-state index in [2.05, 4.69) is 25.0 Å². The van der Waals surface area contributed by atoms with Crippen LogP contribution in [0.15, 0.2) is 24.4 Å². The Labute approximate surface area is 93.2 Å². The maximum atomic E-state index is 11.1. The Balaban J connectivity index is 3.58. The average molecular weight is 227 g/mol. The first-order valence-electron chi connectivity index (χ1n) is 5.17. The third-order valence-electron chi connectivity index (χ3n) is 1.69. The van der Waals surface area contributed by atoms with Crippen molar-refractivity contribution >= 4 is 14.2 Å². The van der Waals surface area contributed by atoms with E-state index in [1.807, 2.05) is 19.1 Å². The molecule has 0 aliphatic carbocycles. The van der Waals surface area contributed by atoms with Crippen molar-refractivity contribution in [2.45, 2.75) is 32.6 Å². The van der Waals surface area contributed by atoms with Crippen LogP contribution in [0.2, 0.25) is 25.7 Å². The van der Waals surface area contributed by atoms with Crippen molar-refractivity contribution in [2.75, 3.05) is 6.61 Å². The van der Waals surface area contributed by atoms with Gasteiger partial charge in [0, 0.05) is 14.3 Å². The van der Waals surface area contributed by atoms with Crippen LogP contribution in [0.5, 0.6) is 0 Å². The lowest BCUT2D eigenvalue weighted by Gasteiger charge is -2.14. The molecule has 0 spiro atoms. The Kier molecular flexibility index (Phi) is 6.78. The molecule has 0 aromatic rings. The molecule has 0 fully saturated rings. The quantitative estimate of drug-likeness (QED) is 0.579. The fourth-order valence-corrected chi connectivity index (χ4v) is 1.49. The Morgan fingerprint density at radius 3 is 2.53 bits per heavy atom. The fraction of sp³-hybridized carbons (Fsp3) is 0.545. The maximum absolute atomic E-state index is 11.1. The summed E-state index contributed by atoms with van der Waals surface area (Å²) in [4.78, 5) is 11.1. The molecule has 1 N–H and O–H groups in total. The minimum atomic E-state index is -1.10. The molecule has 0 rings (SSSR count). The van der Waals surface area contributed by atoms with Crippen molar-refractivity contribution in [3.63, 3.8) is 0 Å². The molecule has 1 amide bonds. The zero-order chi connectivity index (χ0) is 11.7. The molecule has 4 heteroatoms. The molecular weight excluding hydrogens is 206 g/mol. The van der Waals surface area contributed by atoms with Gasteiger partial charge in [0.2, 0.25) is 0 Å². The summed E-state index contributed by atoms with van der Waals surface area (Å²) in [7, 11) is -1.10. The van der Waals surface area contributed by atoms with E-state index in [1.54, 1.807) is 12.3 Å². The van der Waals surface area contributed by atoms with E-state index in [4.69, 9.17) is 4.74 Å². The van der Waals surface area contributed by atoms with Crippen LogP contribution in [0.4, 0.5) is 4.79 Å². The summed E-state index contributed by atoms with van der Waals surface area (Å²) in [5.41, 5.74) is 0. The SMILES string of the molecule is C/C=C/C=C/NC(=O)OCC[Si](C)(C)C. The van der Waals surface area contributed by atoms with E-state index in [0.717, 1.165) is 6.04 Å². The van der Waals surface area contributed by atoms with Crippen LogP contribution in [-0.2, 0) is 4.74 Å². The van der Waals surface area contributed by atoms with Crippen LogP contribution in [-0.4, -0.2) is 20.8 Å². The third kappa shape index (κ3) is 10.9. The molecule has 0 atom stereocenters. The molecule has 0 aliphatic rings. The standard InChI is InChI=1S/C11H21NO2Si/c1-5-6-7-8-12-11(13)14-9-10-15(2,3)4/h5-8H,9-10H2,1-4H3,(H,12,13)/b6-5+,8-7+. The van der Waals surface area contributed by atoms with Crippen molar-refractivity contribution in [3.8, 4) is 0 Å². The van der Waals surface area contributed by atoms with Crippen molar-refractivity contribution < 1.29 is 9.53 Å². The monoisotopic (exact) mass is 227 g/mol. The van der Waals surface area contributed by atoms with Gasteiger partial charge in [-0.1, -0.05) is 31.8 Å². The molecule has 0 unspecified atom stereocenters. The smallest absolute Gasteiger partial charge is 0.411 e. The first-order valence-corrected chi connectivity index (χ1v) is 8.87. The lowest BCUT2D eigenvalue weighted by molar-refractivity contribution is 0.156. The summed E-state index contributed by atoms with van der Waals surface area (Å²) in [5, 5.41) is 2.53. The van der Waals surface area contributed by atoms with E-state index in [9.17, 15) is 4.79 Å². The molecule has 0 heterocycles. The highest BCUT2D eigenvalue weighted by Gasteiger charge is 2.13. The molecule has 0 aromatic carbocycles. The van der Waals surface area contributed by atoms with Crippen molar-refractivity contribution in [1.29, 1.82) is 0 Å². The second-order valence-corrected chi connectivity index (χ2v) is 10.1. The summed E-state index contributed by atoms with van der Waals surface area (Å²) in [6, 6.07) is 0.999. The third-order valence-corrected chi connectivity index (χ3v) is 3.39. The fourth-order valence-electron chi connectivity index (χ4n) is 0.774. The number of carbonyl (C=O) groups is 1. The lowest BCUT2D eigenvalue weighted by atomic mass is 10.5. The highest BCUT2D eigenvalue weighted by atomic mass is 28.3. The second kappa shape index (κ2) is 7.28. The van der Waals surface area contributed by atoms with E-state index in [-0.39, 0.29) is 6.09 Å². The van der Waals surface area contributed by atoms with Gasteiger partial charge in [0.15, 0.2) is 0 Å². The van der Waals surface area contributed by atoms with Crippen LogP contribution >= 0.6 is 0 Å². The highest BCUT2D eigenvalue weighted by Crippen LogP contribution is 2.07. The molecule has 0 saturated heterocycles. The van der Waals surface area contributed by atoms with Crippen molar-refractivity contribution in [2.24, 2.45) is 0 Å². The van der Waals surface area contributed by atoms with Crippen LogP contribution < -0.4 is 5.32 Å². The van der Waals surface area contributed by atoms with Crippen LogP contribution in [0, 0.1) is 0 Å². The first kappa shape index (κ1) is 14.0. The Morgan fingerprint density at radius 2 is 2.00 bits per heavy atom. The van der Waals surface area contributed by atoms with Crippen LogP contribution in [0.3, 0.4) is 0 Å². The summed E-state index contributed by atoms with van der Waals surface area (Å²) in [5.74, 6) is 0. The molecule has 0 bridgehead atoms. The normalized spacial score (nSPS) is 12.3. The van der Waals surface area contributed by atoms with E-state index < -0.39 is 8.07 Å². The second-order valence-electron chi connectivity index (χ2n) is 4.48. The first-order chi connectivity index (χ1) is 6.95. The van der Waals surface area contributed by atoms with Gasteiger partial charge in [-0.3, -0.25) is 5.32 Å². The van der Waals surface area contributed by atoms with Gasteiger partial charge in [-0.15, -0.1) is 0 Å². The minimum Gasteiger partial charge on any atom is -0.450 e. The number of ether oxygens (including phenoxy) is 1. The van der Waals surface area contributed by atoms with E-state index >= 15 is 0 Å². The van der Waals surface area contributed by atoms with Crippen LogP contribution in [0.1, 0.15) is 6.92 Å². The van der Waals surface area contributed by atoms with E-state index in [1.165, 1.54) is 0 Å². The number of carbonyl (C=O) groups excluding carboxylic acids is 1. The predicted molar refractivity (Wildman–Crippen MR) is 66.6 cm³/mol. The predicted octanol–water partition coefficient (Wildman–Crippen LogP) is 3.14. The van der Waals surface area contributed by atoms with Gasteiger partial charge in [-0.05, 0) is 19.0 Å². The van der Waals surface area contributed by atoms with E-state index in [0.29, 0.717) is 6.61 Å². The highest BCUT2D eigenvalue weighted by molar-refractivity contribution is 6.76. The summed E-state index contributed by atoms with van der Waals surface area (Å²) < 4.78 is 5.01. The average Bonchev–Trinajstić information content (AvgIpc) is 2.10. The molecule has 15 heavy (non-hydrogen) atoms. The van der Waals surface area contributed by atoms with Gasteiger partial charge in [0.25, 0.3) is 0 Å². The number of hydrogen-bond acceptors (Lipinski definition) is 2. The van der Waals surface area contributed by atoms with Crippen LogP contribution in [0.25, 0.3) is 0 Å². The number of rotatable bonds is 5. The van der Waals surface area contributed by atoms with Gasteiger partial charge in [-0.2, -0.15) is 0 Å².